The molecule has 3 rings (SSSR count). The van der Waals surface area contributed by atoms with Crippen molar-refractivity contribution in [3.63, 3.8) is 0 Å². The summed E-state index contributed by atoms with van der Waals surface area (Å²) in [4.78, 5) is 19.9. The fraction of sp³-hybridized carbons (Fsp3) is 0.412. The Balaban J connectivity index is 1.60. The molecule has 0 bridgehead atoms. The van der Waals surface area contributed by atoms with Crippen molar-refractivity contribution in [1.82, 2.24) is 4.98 Å². The fourth-order valence-corrected chi connectivity index (χ4v) is 3.76. The van der Waals surface area contributed by atoms with Crippen molar-refractivity contribution < 1.29 is 4.79 Å². The number of thiazole rings is 1. The van der Waals surface area contributed by atoms with Crippen molar-refractivity contribution in [2.75, 3.05) is 23.3 Å². The van der Waals surface area contributed by atoms with Crippen molar-refractivity contribution in [3.05, 3.63) is 39.8 Å². The fourth-order valence-electron chi connectivity index (χ4n) is 2.82. The van der Waals surface area contributed by atoms with E-state index in [0.717, 1.165) is 34.4 Å². The first kappa shape index (κ1) is 15.0. The number of hydrogen-bond donors (Lipinski definition) is 1. The molecule has 1 fully saturated rings. The molecular weight excluding hydrogens is 294 g/mol. The van der Waals surface area contributed by atoms with E-state index in [4.69, 9.17) is 0 Å². The molecule has 1 aromatic carbocycles. The van der Waals surface area contributed by atoms with E-state index >= 15 is 0 Å². The van der Waals surface area contributed by atoms with Gasteiger partial charge in [0.05, 0.1) is 17.1 Å². The maximum atomic E-state index is 12.1. The third kappa shape index (κ3) is 3.47. The van der Waals surface area contributed by atoms with E-state index in [0.29, 0.717) is 6.42 Å². The summed E-state index contributed by atoms with van der Waals surface area (Å²) in [6.45, 7) is 6.19. The summed E-state index contributed by atoms with van der Waals surface area (Å²) in [6.07, 6.45) is 2.93. The second-order valence-corrected chi connectivity index (χ2v) is 7.00. The largest absolute Gasteiger partial charge is 0.372 e. The molecule has 1 aromatic heterocycles. The SMILES string of the molecule is Cc1nc(C)c(CC(=O)Nc2ccc(N3CCCC3)cc2)s1. The molecule has 0 radical (unpaired) electrons. The second kappa shape index (κ2) is 6.48. The van der Waals surface area contributed by atoms with E-state index in [-0.39, 0.29) is 5.91 Å². The van der Waals surface area contributed by atoms with Gasteiger partial charge in [0.15, 0.2) is 0 Å². The van der Waals surface area contributed by atoms with Gasteiger partial charge in [-0.05, 0) is 51.0 Å². The highest BCUT2D eigenvalue weighted by molar-refractivity contribution is 7.11. The molecule has 0 saturated carbocycles. The zero-order valence-corrected chi connectivity index (χ0v) is 13.9. The Kier molecular flexibility index (Phi) is 4.43. The Morgan fingerprint density at radius 3 is 2.50 bits per heavy atom. The van der Waals surface area contributed by atoms with Gasteiger partial charge in [-0.3, -0.25) is 4.79 Å². The number of hydrogen-bond acceptors (Lipinski definition) is 4. The molecule has 2 aromatic rings. The molecule has 22 heavy (non-hydrogen) atoms. The number of nitrogens with one attached hydrogen (secondary N) is 1. The van der Waals surface area contributed by atoms with Crippen molar-refractivity contribution in [2.24, 2.45) is 0 Å². The highest BCUT2D eigenvalue weighted by Crippen LogP contribution is 2.22. The number of carbonyl (C=O) groups excluding carboxylic acids is 1. The van der Waals surface area contributed by atoms with Crippen LogP contribution in [0.1, 0.15) is 28.4 Å². The third-order valence-electron chi connectivity index (χ3n) is 3.94. The topological polar surface area (TPSA) is 45.2 Å². The third-order valence-corrected chi connectivity index (χ3v) is 5.02. The molecule has 0 atom stereocenters. The van der Waals surface area contributed by atoms with Crippen LogP contribution in [-0.2, 0) is 11.2 Å². The summed E-state index contributed by atoms with van der Waals surface area (Å²) in [5, 5.41) is 3.98. The van der Waals surface area contributed by atoms with E-state index in [1.54, 1.807) is 11.3 Å². The van der Waals surface area contributed by atoms with Crippen LogP contribution in [0.25, 0.3) is 0 Å². The monoisotopic (exact) mass is 315 g/mol. The molecule has 1 amide bonds. The highest BCUT2D eigenvalue weighted by atomic mass is 32.1. The van der Waals surface area contributed by atoms with Crippen molar-refractivity contribution >= 4 is 28.6 Å². The number of anilines is 2. The number of aromatic nitrogens is 1. The van der Waals surface area contributed by atoms with Gasteiger partial charge in [-0.25, -0.2) is 4.98 Å². The summed E-state index contributed by atoms with van der Waals surface area (Å²) in [5.74, 6) is 0.0145. The zero-order valence-electron chi connectivity index (χ0n) is 13.1. The average Bonchev–Trinajstić information content (AvgIpc) is 3.10. The number of amides is 1. The summed E-state index contributed by atoms with van der Waals surface area (Å²) >= 11 is 1.59. The molecule has 5 heteroatoms. The molecule has 0 unspecified atom stereocenters. The first-order valence-corrected chi connectivity index (χ1v) is 8.51. The van der Waals surface area contributed by atoms with Crippen LogP contribution in [0.2, 0.25) is 0 Å². The van der Waals surface area contributed by atoms with Gasteiger partial charge in [-0.1, -0.05) is 0 Å². The zero-order chi connectivity index (χ0) is 15.5. The Bertz CT molecular complexity index is 657. The van der Waals surface area contributed by atoms with E-state index in [2.05, 4.69) is 27.3 Å². The number of rotatable bonds is 4. The quantitative estimate of drug-likeness (QED) is 0.938. The van der Waals surface area contributed by atoms with Crippen LogP contribution in [-0.4, -0.2) is 24.0 Å². The molecule has 116 valence electrons. The summed E-state index contributed by atoms with van der Waals surface area (Å²) in [6, 6.07) is 8.14. The van der Waals surface area contributed by atoms with Gasteiger partial charge in [-0.2, -0.15) is 0 Å². The lowest BCUT2D eigenvalue weighted by molar-refractivity contribution is -0.115. The van der Waals surface area contributed by atoms with Crippen LogP contribution in [0.4, 0.5) is 11.4 Å². The summed E-state index contributed by atoms with van der Waals surface area (Å²) in [5.41, 5.74) is 3.05. The van der Waals surface area contributed by atoms with Gasteiger partial charge in [0.1, 0.15) is 0 Å². The molecule has 1 saturated heterocycles. The van der Waals surface area contributed by atoms with Crippen LogP contribution in [0, 0.1) is 13.8 Å². The van der Waals surface area contributed by atoms with E-state index in [9.17, 15) is 4.79 Å². The van der Waals surface area contributed by atoms with Crippen LogP contribution in [0.15, 0.2) is 24.3 Å². The minimum absolute atomic E-state index is 0.0145. The second-order valence-electron chi connectivity index (χ2n) is 5.71. The molecule has 1 aliphatic heterocycles. The number of carbonyl (C=O) groups is 1. The average molecular weight is 315 g/mol. The highest BCUT2D eigenvalue weighted by Gasteiger charge is 2.13. The predicted molar refractivity (Wildman–Crippen MR) is 91.8 cm³/mol. The summed E-state index contributed by atoms with van der Waals surface area (Å²) < 4.78 is 0. The number of nitrogens with zero attached hydrogens (tertiary/aromatic N) is 2. The van der Waals surface area contributed by atoms with Crippen molar-refractivity contribution in [2.45, 2.75) is 33.1 Å². The molecule has 4 nitrogen and oxygen atoms in total. The van der Waals surface area contributed by atoms with Gasteiger partial charge in [0.25, 0.3) is 0 Å². The molecule has 2 heterocycles. The van der Waals surface area contributed by atoms with Crippen LogP contribution < -0.4 is 10.2 Å². The standard InChI is InChI=1S/C17H21N3OS/c1-12-16(22-13(2)18-12)11-17(21)19-14-5-7-15(8-6-14)20-9-3-4-10-20/h5-8H,3-4,9-11H2,1-2H3,(H,19,21). The Labute approximate surface area is 135 Å². The lowest BCUT2D eigenvalue weighted by Gasteiger charge is -2.17. The maximum absolute atomic E-state index is 12.1. The predicted octanol–water partition coefficient (Wildman–Crippen LogP) is 3.54. The van der Waals surface area contributed by atoms with Crippen molar-refractivity contribution in [3.8, 4) is 0 Å². The Morgan fingerprint density at radius 2 is 1.91 bits per heavy atom. The van der Waals surface area contributed by atoms with Crippen LogP contribution >= 0.6 is 11.3 Å². The van der Waals surface area contributed by atoms with Crippen molar-refractivity contribution in [1.29, 1.82) is 0 Å². The Hall–Kier alpha value is -1.88. The summed E-state index contributed by atoms with van der Waals surface area (Å²) in [7, 11) is 0. The number of benzene rings is 1. The van der Waals surface area contributed by atoms with E-state index < -0.39 is 0 Å². The first-order valence-electron chi connectivity index (χ1n) is 7.69. The van der Waals surface area contributed by atoms with Crippen LogP contribution in [0.5, 0.6) is 0 Å². The Morgan fingerprint density at radius 1 is 1.23 bits per heavy atom. The molecule has 1 N–H and O–H groups in total. The molecular formula is C17H21N3OS. The maximum Gasteiger partial charge on any atom is 0.229 e. The molecule has 0 spiro atoms. The van der Waals surface area contributed by atoms with E-state index in [1.165, 1.54) is 18.5 Å². The van der Waals surface area contributed by atoms with Gasteiger partial charge in [0, 0.05) is 29.3 Å². The lowest BCUT2D eigenvalue weighted by atomic mass is 10.2. The minimum atomic E-state index is 0.0145. The smallest absolute Gasteiger partial charge is 0.229 e. The lowest BCUT2D eigenvalue weighted by Crippen LogP contribution is -2.18. The number of aryl methyl sites for hydroxylation is 2. The van der Waals surface area contributed by atoms with Gasteiger partial charge in [-0.15, -0.1) is 11.3 Å². The van der Waals surface area contributed by atoms with Gasteiger partial charge in [0.2, 0.25) is 5.91 Å². The minimum Gasteiger partial charge on any atom is -0.372 e. The molecule has 0 aliphatic carbocycles. The molecule has 1 aliphatic rings. The normalized spacial score (nSPS) is 14.4. The van der Waals surface area contributed by atoms with Crippen LogP contribution in [0.3, 0.4) is 0 Å². The van der Waals surface area contributed by atoms with Gasteiger partial charge >= 0.3 is 0 Å². The van der Waals surface area contributed by atoms with Gasteiger partial charge < -0.3 is 10.2 Å². The van der Waals surface area contributed by atoms with E-state index in [1.807, 2.05) is 26.0 Å². The first-order chi connectivity index (χ1) is 10.6.